The van der Waals surface area contributed by atoms with E-state index < -0.39 is 0 Å². The topological polar surface area (TPSA) is 87.1 Å². The van der Waals surface area contributed by atoms with E-state index >= 15 is 0 Å². The quantitative estimate of drug-likeness (QED) is 0.905. The summed E-state index contributed by atoms with van der Waals surface area (Å²) in [5, 5.41) is 4.56. The molecule has 0 aromatic carbocycles. The molecule has 1 saturated carbocycles. The van der Waals surface area contributed by atoms with E-state index in [1.54, 1.807) is 0 Å². The van der Waals surface area contributed by atoms with E-state index in [1.807, 2.05) is 13.8 Å². The molecule has 6 nitrogen and oxygen atoms in total. The second-order valence-electron chi connectivity index (χ2n) is 4.64. The Morgan fingerprint density at radius 1 is 1.47 bits per heavy atom. The number of aromatic nitrogens is 3. The number of nitrogen functional groups attached to an aromatic ring is 1. The largest absolute Gasteiger partial charge is 0.375 e. The van der Waals surface area contributed by atoms with Crippen LogP contribution in [-0.4, -0.2) is 21.7 Å². The lowest BCUT2D eigenvalue weighted by Gasteiger charge is -2.10. The van der Waals surface area contributed by atoms with Gasteiger partial charge in [0.05, 0.1) is 5.69 Å². The second kappa shape index (κ2) is 4.90. The molecule has 1 unspecified atom stereocenters. The van der Waals surface area contributed by atoms with Gasteiger partial charge in [-0.1, -0.05) is 16.5 Å². The van der Waals surface area contributed by atoms with Gasteiger partial charge in [0.25, 0.3) is 5.89 Å². The van der Waals surface area contributed by atoms with E-state index in [9.17, 15) is 0 Å². The molecule has 2 aromatic rings. The summed E-state index contributed by atoms with van der Waals surface area (Å²) in [6.45, 7) is 4.51. The number of ether oxygens (including phenoxy) is 1. The third-order valence-corrected chi connectivity index (χ3v) is 4.07. The normalized spacial score (nSPS) is 16.7. The summed E-state index contributed by atoms with van der Waals surface area (Å²) >= 11 is 1.36. The molecule has 0 radical (unpaired) electrons. The van der Waals surface area contributed by atoms with Gasteiger partial charge in [0.15, 0.2) is 5.13 Å². The lowest BCUT2D eigenvalue weighted by molar-refractivity contribution is 0.0385. The smallest absolute Gasteiger partial charge is 0.270 e. The fourth-order valence-electron chi connectivity index (χ4n) is 2.06. The van der Waals surface area contributed by atoms with Crippen molar-refractivity contribution in [2.75, 3.05) is 12.3 Å². The Bertz CT molecular complexity index is 576. The van der Waals surface area contributed by atoms with Crippen molar-refractivity contribution in [2.45, 2.75) is 32.8 Å². The number of rotatable bonds is 5. The van der Waals surface area contributed by atoms with Crippen molar-refractivity contribution in [1.29, 1.82) is 0 Å². The first-order chi connectivity index (χ1) is 9.19. The first kappa shape index (κ1) is 12.6. The molecule has 7 heteroatoms. The molecular weight excluding hydrogens is 264 g/mol. The average Bonchev–Trinajstić information content (AvgIpc) is 3.00. The van der Waals surface area contributed by atoms with E-state index in [0.29, 0.717) is 29.4 Å². The van der Waals surface area contributed by atoms with Gasteiger partial charge < -0.3 is 15.0 Å². The number of thiazole rings is 1. The molecule has 0 amide bonds. The van der Waals surface area contributed by atoms with Crippen molar-refractivity contribution < 1.29 is 9.26 Å². The minimum absolute atomic E-state index is 0.0481. The summed E-state index contributed by atoms with van der Waals surface area (Å²) in [7, 11) is 0. The molecule has 2 N–H and O–H groups in total. The van der Waals surface area contributed by atoms with Crippen LogP contribution >= 0.6 is 11.3 Å². The van der Waals surface area contributed by atoms with Crippen LogP contribution in [0.5, 0.6) is 0 Å². The molecule has 2 aromatic heterocycles. The molecule has 1 aliphatic rings. The van der Waals surface area contributed by atoms with Gasteiger partial charge in [-0.2, -0.15) is 4.98 Å². The fourth-order valence-corrected chi connectivity index (χ4v) is 2.81. The summed E-state index contributed by atoms with van der Waals surface area (Å²) in [4.78, 5) is 9.45. The van der Waals surface area contributed by atoms with Crippen LogP contribution < -0.4 is 5.73 Å². The van der Waals surface area contributed by atoms with E-state index in [4.69, 9.17) is 15.0 Å². The first-order valence-corrected chi connectivity index (χ1v) is 7.19. The van der Waals surface area contributed by atoms with Crippen molar-refractivity contribution in [3.63, 3.8) is 0 Å². The van der Waals surface area contributed by atoms with Crippen molar-refractivity contribution in [3.05, 3.63) is 11.5 Å². The van der Waals surface area contributed by atoms with Crippen molar-refractivity contribution >= 4 is 16.5 Å². The number of nitrogens with two attached hydrogens (primary N) is 1. The highest BCUT2D eigenvalue weighted by Crippen LogP contribution is 2.43. The number of nitrogens with zero attached hydrogens (tertiary/aromatic N) is 3. The Morgan fingerprint density at radius 3 is 2.84 bits per heavy atom. The predicted octanol–water partition coefficient (Wildman–Crippen LogP) is 2.57. The molecule has 1 fully saturated rings. The Labute approximate surface area is 115 Å². The molecule has 0 aliphatic heterocycles. The lowest BCUT2D eigenvalue weighted by Crippen LogP contribution is -2.08. The molecule has 0 saturated heterocycles. The van der Waals surface area contributed by atoms with Crippen LogP contribution in [0.25, 0.3) is 10.8 Å². The Morgan fingerprint density at radius 2 is 2.26 bits per heavy atom. The van der Waals surface area contributed by atoms with E-state index in [1.165, 1.54) is 24.2 Å². The van der Waals surface area contributed by atoms with Gasteiger partial charge in [0.2, 0.25) is 5.82 Å². The van der Waals surface area contributed by atoms with Gasteiger partial charge in [0, 0.05) is 6.61 Å². The fraction of sp³-hybridized carbons (Fsp3) is 0.583. The van der Waals surface area contributed by atoms with Crippen molar-refractivity contribution in [1.82, 2.24) is 15.1 Å². The molecule has 3 rings (SSSR count). The minimum Gasteiger partial charge on any atom is -0.375 e. The zero-order valence-electron chi connectivity index (χ0n) is 10.9. The molecule has 1 aliphatic carbocycles. The maximum Gasteiger partial charge on any atom is 0.270 e. The Kier molecular flexibility index (Phi) is 3.24. The molecule has 19 heavy (non-hydrogen) atoms. The summed E-state index contributed by atoms with van der Waals surface area (Å²) in [5.74, 6) is 1.64. The van der Waals surface area contributed by atoms with Gasteiger partial charge in [0.1, 0.15) is 11.0 Å². The second-order valence-corrected chi connectivity index (χ2v) is 5.67. The van der Waals surface area contributed by atoms with Gasteiger partial charge >= 0.3 is 0 Å². The van der Waals surface area contributed by atoms with E-state index in [2.05, 4.69) is 15.1 Å². The van der Waals surface area contributed by atoms with Crippen LogP contribution in [0.3, 0.4) is 0 Å². The van der Waals surface area contributed by atoms with Crippen LogP contribution in [0.15, 0.2) is 4.52 Å². The van der Waals surface area contributed by atoms with Crippen LogP contribution in [-0.2, 0) is 4.74 Å². The third kappa shape index (κ3) is 2.48. The number of hydrogen-bond donors (Lipinski definition) is 1. The van der Waals surface area contributed by atoms with Gasteiger partial charge in [-0.3, -0.25) is 0 Å². The van der Waals surface area contributed by atoms with E-state index in [-0.39, 0.29) is 6.10 Å². The highest BCUT2D eigenvalue weighted by atomic mass is 32.1. The molecular formula is C12H16N4O2S. The summed E-state index contributed by atoms with van der Waals surface area (Å²) < 4.78 is 11.0. The highest BCUT2D eigenvalue weighted by Gasteiger charge is 2.36. The lowest BCUT2D eigenvalue weighted by atomic mass is 10.2. The van der Waals surface area contributed by atoms with Crippen molar-refractivity contribution in [3.8, 4) is 10.8 Å². The molecule has 1 atom stereocenters. The van der Waals surface area contributed by atoms with Gasteiger partial charge in [-0.25, -0.2) is 4.98 Å². The molecule has 102 valence electrons. The Hall–Kier alpha value is -1.47. The maximum atomic E-state index is 5.71. The number of anilines is 1. The van der Waals surface area contributed by atoms with E-state index in [0.717, 1.165) is 10.6 Å². The summed E-state index contributed by atoms with van der Waals surface area (Å²) in [5.41, 5.74) is 6.50. The first-order valence-electron chi connectivity index (χ1n) is 6.37. The van der Waals surface area contributed by atoms with Crippen molar-refractivity contribution in [2.24, 2.45) is 5.92 Å². The zero-order valence-corrected chi connectivity index (χ0v) is 11.7. The van der Waals surface area contributed by atoms with Crippen LogP contribution in [0, 0.1) is 12.8 Å². The predicted molar refractivity (Wildman–Crippen MR) is 71.6 cm³/mol. The minimum atomic E-state index is -0.0481. The zero-order chi connectivity index (χ0) is 13.4. The van der Waals surface area contributed by atoms with Crippen LogP contribution in [0.2, 0.25) is 0 Å². The monoisotopic (exact) mass is 280 g/mol. The summed E-state index contributed by atoms with van der Waals surface area (Å²) in [6, 6.07) is 0. The van der Waals surface area contributed by atoms with Gasteiger partial charge in [-0.05, 0) is 32.6 Å². The Balaban J connectivity index is 1.87. The third-order valence-electron chi connectivity index (χ3n) is 3.10. The number of aryl methyl sites for hydroxylation is 1. The molecule has 2 heterocycles. The highest BCUT2D eigenvalue weighted by molar-refractivity contribution is 7.18. The summed E-state index contributed by atoms with van der Waals surface area (Å²) in [6.07, 6.45) is 2.29. The molecule has 0 spiro atoms. The molecule has 0 bridgehead atoms. The SMILES string of the molecule is CCOC(c1noc(-c2sc(N)nc2C)n1)C1CC1. The average molecular weight is 280 g/mol. The van der Waals surface area contributed by atoms with Crippen LogP contribution in [0.4, 0.5) is 5.13 Å². The standard InChI is InChI=1S/C12H16N4O2S/c1-3-17-8(7-4-5-7)10-15-11(18-16-10)9-6(2)14-12(13)19-9/h7-8H,3-5H2,1-2H3,(H2,13,14). The number of hydrogen-bond acceptors (Lipinski definition) is 7. The maximum absolute atomic E-state index is 5.71. The van der Waals surface area contributed by atoms with Crippen LogP contribution in [0.1, 0.15) is 37.4 Å². The van der Waals surface area contributed by atoms with Gasteiger partial charge in [-0.15, -0.1) is 0 Å².